The van der Waals surface area contributed by atoms with Gasteiger partial charge in [-0.1, -0.05) is 24.3 Å². The van der Waals surface area contributed by atoms with Gasteiger partial charge in [-0.3, -0.25) is 4.79 Å². The molecule has 2 aromatic rings. The summed E-state index contributed by atoms with van der Waals surface area (Å²) in [5.74, 6) is 0.844. The Bertz CT molecular complexity index is 727. The van der Waals surface area contributed by atoms with Gasteiger partial charge in [0.25, 0.3) is 0 Å². The highest BCUT2D eigenvalue weighted by Gasteiger charge is 2.10. The Morgan fingerprint density at radius 3 is 2.78 bits per heavy atom. The molecule has 0 heterocycles. The molecule has 0 aliphatic rings. The molecule has 2 rings (SSSR count). The molecular formula is C18H17BrN2OS. The fourth-order valence-corrected chi connectivity index (χ4v) is 3.61. The molecule has 0 saturated heterocycles. The Labute approximate surface area is 149 Å². The predicted octanol–water partition coefficient (Wildman–Crippen LogP) is 4.46. The van der Waals surface area contributed by atoms with Crippen molar-refractivity contribution in [2.24, 2.45) is 0 Å². The molecule has 0 N–H and O–H groups in total. The van der Waals surface area contributed by atoms with Gasteiger partial charge in [0.2, 0.25) is 5.91 Å². The standard InChI is InChI=1S/C18H17BrN2OS/c1-21(13-15-6-4-5-14(11-15)12-20)18(22)9-10-23-17-8-3-2-7-16(17)19/h2-8,11H,9-10,13H2,1H3. The second-order valence-electron chi connectivity index (χ2n) is 5.09. The Balaban J connectivity index is 1.83. The molecule has 3 nitrogen and oxygen atoms in total. The van der Waals surface area contributed by atoms with Gasteiger partial charge in [-0.2, -0.15) is 5.26 Å². The van der Waals surface area contributed by atoms with Crippen LogP contribution in [0.25, 0.3) is 0 Å². The quantitative estimate of drug-likeness (QED) is 0.685. The van der Waals surface area contributed by atoms with Crippen LogP contribution in [0.4, 0.5) is 0 Å². The normalized spacial score (nSPS) is 10.1. The molecule has 0 unspecified atom stereocenters. The molecule has 0 atom stereocenters. The lowest BCUT2D eigenvalue weighted by Crippen LogP contribution is -2.26. The van der Waals surface area contributed by atoms with Gasteiger partial charge in [0.05, 0.1) is 11.6 Å². The SMILES string of the molecule is CN(Cc1cccc(C#N)c1)C(=O)CCSc1ccccc1Br. The number of hydrogen-bond acceptors (Lipinski definition) is 3. The third kappa shape index (κ3) is 5.42. The van der Waals surface area contributed by atoms with Crippen LogP contribution in [-0.2, 0) is 11.3 Å². The molecule has 23 heavy (non-hydrogen) atoms. The third-order valence-corrected chi connectivity index (χ3v) is 5.34. The van der Waals surface area contributed by atoms with E-state index in [1.807, 2.05) is 42.5 Å². The zero-order valence-corrected chi connectivity index (χ0v) is 15.2. The van der Waals surface area contributed by atoms with Crippen molar-refractivity contribution in [2.75, 3.05) is 12.8 Å². The number of carbonyl (C=O) groups excluding carboxylic acids is 1. The Morgan fingerprint density at radius 2 is 2.04 bits per heavy atom. The molecule has 1 amide bonds. The number of nitriles is 1. The van der Waals surface area contributed by atoms with E-state index in [0.717, 1.165) is 20.7 Å². The number of thioether (sulfide) groups is 1. The van der Waals surface area contributed by atoms with E-state index < -0.39 is 0 Å². The van der Waals surface area contributed by atoms with Gasteiger partial charge in [0.1, 0.15) is 0 Å². The van der Waals surface area contributed by atoms with Crippen LogP contribution >= 0.6 is 27.7 Å². The summed E-state index contributed by atoms with van der Waals surface area (Å²) in [5, 5.41) is 8.91. The molecule has 0 radical (unpaired) electrons. The number of halogens is 1. The van der Waals surface area contributed by atoms with Crippen molar-refractivity contribution in [3.05, 3.63) is 64.1 Å². The molecule has 118 valence electrons. The minimum Gasteiger partial charge on any atom is -0.341 e. The van der Waals surface area contributed by atoms with Gasteiger partial charge in [0.15, 0.2) is 0 Å². The van der Waals surface area contributed by atoms with Gasteiger partial charge < -0.3 is 4.90 Å². The maximum atomic E-state index is 12.2. The number of carbonyl (C=O) groups is 1. The maximum Gasteiger partial charge on any atom is 0.223 e. The summed E-state index contributed by atoms with van der Waals surface area (Å²) >= 11 is 5.18. The van der Waals surface area contributed by atoms with E-state index in [1.54, 1.807) is 29.8 Å². The molecule has 0 aliphatic carbocycles. The first-order chi connectivity index (χ1) is 11.1. The minimum absolute atomic E-state index is 0.104. The third-order valence-electron chi connectivity index (χ3n) is 3.31. The van der Waals surface area contributed by atoms with Crippen LogP contribution in [0.1, 0.15) is 17.5 Å². The summed E-state index contributed by atoms with van der Waals surface area (Å²) in [4.78, 5) is 15.1. The van der Waals surface area contributed by atoms with Gasteiger partial charge in [0, 0.05) is 35.1 Å². The van der Waals surface area contributed by atoms with Crippen LogP contribution in [-0.4, -0.2) is 23.6 Å². The summed E-state index contributed by atoms with van der Waals surface area (Å²) in [6.45, 7) is 0.522. The molecule has 0 bridgehead atoms. The smallest absolute Gasteiger partial charge is 0.223 e. The van der Waals surface area contributed by atoms with Crippen molar-refractivity contribution in [3.63, 3.8) is 0 Å². The van der Waals surface area contributed by atoms with E-state index in [9.17, 15) is 4.79 Å². The molecule has 5 heteroatoms. The van der Waals surface area contributed by atoms with E-state index in [-0.39, 0.29) is 5.91 Å². The van der Waals surface area contributed by atoms with Crippen molar-refractivity contribution in [1.29, 1.82) is 5.26 Å². The second-order valence-corrected chi connectivity index (χ2v) is 7.08. The number of amides is 1. The summed E-state index contributed by atoms with van der Waals surface area (Å²) in [7, 11) is 1.80. The summed E-state index contributed by atoms with van der Waals surface area (Å²) in [6.07, 6.45) is 0.487. The van der Waals surface area contributed by atoms with Crippen LogP contribution in [0.2, 0.25) is 0 Å². The average Bonchev–Trinajstić information content (AvgIpc) is 2.56. The summed E-state index contributed by atoms with van der Waals surface area (Å²) in [5.41, 5.74) is 1.59. The van der Waals surface area contributed by atoms with E-state index in [2.05, 4.69) is 22.0 Å². The first kappa shape index (κ1) is 17.6. The number of nitrogens with zero attached hydrogens (tertiary/aromatic N) is 2. The fourth-order valence-electron chi connectivity index (χ4n) is 2.10. The van der Waals surface area contributed by atoms with Gasteiger partial charge >= 0.3 is 0 Å². The minimum atomic E-state index is 0.104. The van der Waals surface area contributed by atoms with Gasteiger partial charge in [-0.25, -0.2) is 0 Å². The highest BCUT2D eigenvalue weighted by atomic mass is 79.9. The van der Waals surface area contributed by atoms with E-state index in [4.69, 9.17) is 5.26 Å². The van der Waals surface area contributed by atoms with Crippen LogP contribution < -0.4 is 0 Å². The number of benzene rings is 2. The van der Waals surface area contributed by atoms with Crippen LogP contribution in [0.5, 0.6) is 0 Å². The zero-order valence-electron chi connectivity index (χ0n) is 12.8. The lowest BCUT2D eigenvalue weighted by molar-refractivity contribution is -0.129. The molecule has 0 aromatic heterocycles. The molecule has 0 saturated carbocycles. The molecule has 2 aromatic carbocycles. The van der Waals surface area contributed by atoms with Crippen molar-refractivity contribution in [2.45, 2.75) is 17.9 Å². The lowest BCUT2D eigenvalue weighted by Gasteiger charge is -2.17. The summed E-state index contributed by atoms with van der Waals surface area (Å²) < 4.78 is 1.05. The summed E-state index contributed by atoms with van der Waals surface area (Å²) in [6, 6.07) is 17.5. The monoisotopic (exact) mass is 388 g/mol. The van der Waals surface area contributed by atoms with Crippen LogP contribution in [0.3, 0.4) is 0 Å². The molecule has 0 aliphatic heterocycles. The van der Waals surface area contributed by atoms with Crippen molar-refractivity contribution in [1.82, 2.24) is 4.90 Å². The first-order valence-electron chi connectivity index (χ1n) is 7.20. The fraction of sp³-hybridized carbons (Fsp3) is 0.222. The number of hydrogen-bond donors (Lipinski definition) is 0. The lowest BCUT2D eigenvalue weighted by atomic mass is 10.1. The average molecular weight is 389 g/mol. The van der Waals surface area contributed by atoms with Crippen molar-refractivity contribution in [3.8, 4) is 6.07 Å². The zero-order chi connectivity index (χ0) is 16.7. The maximum absolute atomic E-state index is 12.2. The predicted molar refractivity (Wildman–Crippen MR) is 97.1 cm³/mol. The molecule has 0 fully saturated rings. The first-order valence-corrected chi connectivity index (χ1v) is 8.98. The van der Waals surface area contributed by atoms with Gasteiger partial charge in [-0.05, 0) is 45.8 Å². The number of rotatable bonds is 6. The van der Waals surface area contributed by atoms with Crippen LogP contribution in [0, 0.1) is 11.3 Å². The molecular weight excluding hydrogens is 372 g/mol. The van der Waals surface area contributed by atoms with E-state index in [1.165, 1.54) is 0 Å². The van der Waals surface area contributed by atoms with E-state index >= 15 is 0 Å². The topological polar surface area (TPSA) is 44.1 Å². The van der Waals surface area contributed by atoms with Crippen LogP contribution in [0.15, 0.2) is 57.9 Å². The Morgan fingerprint density at radius 1 is 1.26 bits per heavy atom. The van der Waals surface area contributed by atoms with Crippen molar-refractivity contribution < 1.29 is 4.79 Å². The largest absolute Gasteiger partial charge is 0.341 e. The highest BCUT2D eigenvalue weighted by Crippen LogP contribution is 2.27. The van der Waals surface area contributed by atoms with Crippen molar-refractivity contribution >= 4 is 33.6 Å². The van der Waals surface area contributed by atoms with E-state index in [0.29, 0.717) is 18.5 Å². The molecule has 0 spiro atoms. The van der Waals surface area contributed by atoms with Gasteiger partial charge in [-0.15, -0.1) is 11.8 Å². The second kappa shape index (κ2) is 8.76. The Kier molecular flexibility index (Phi) is 6.69. The highest BCUT2D eigenvalue weighted by molar-refractivity contribution is 9.10. The Hall–Kier alpha value is -1.77.